The number of amides is 2. The third-order valence-corrected chi connectivity index (χ3v) is 3.72. The minimum Gasteiger partial charge on any atom is -0.397 e. The van der Waals surface area contributed by atoms with Crippen LogP contribution in [0.15, 0.2) is 45.3 Å². The summed E-state index contributed by atoms with van der Waals surface area (Å²) in [4.78, 5) is 11.9. The summed E-state index contributed by atoms with van der Waals surface area (Å²) in [6.07, 6.45) is 0. The van der Waals surface area contributed by atoms with Gasteiger partial charge in [-0.2, -0.15) is 0 Å². The van der Waals surface area contributed by atoms with Crippen LogP contribution in [0.2, 0.25) is 5.02 Å². The molecule has 0 fully saturated rings. The van der Waals surface area contributed by atoms with Crippen molar-refractivity contribution in [2.45, 2.75) is 0 Å². The Morgan fingerprint density at radius 2 is 1.90 bits per heavy atom. The van der Waals surface area contributed by atoms with E-state index in [1.807, 2.05) is 0 Å². The third-order valence-electron chi connectivity index (χ3n) is 2.41. The zero-order chi connectivity index (χ0) is 14.7. The Morgan fingerprint density at radius 3 is 2.55 bits per heavy atom. The van der Waals surface area contributed by atoms with E-state index in [9.17, 15) is 4.79 Å². The van der Waals surface area contributed by atoms with Crippen molar-refractivity contribution in [1.82, 2.24) is 0 Å². The van der Waals surface area contributed by atoms with Gasteiger partial charge in [-0.25, -0.2) is 4.79 Å². The fraction of sp³-hybridized carbons (Fsp3) is 0. The van der Waals surface area contributed by atoms with Crippen molar-refractivity contribution < 1.29 is 4.79 Å². The first-order valence-corrected chi connectivity index (χ1v) is 7.50. The molecule has 2 amide bonds. The fourth-order valence-corrected chi connectivity index (χ4v) is 3.12. The van der Waals surface area contributed by atoms with Crippen molar-refractivity contribution >= 4 is 66.6 Å². The predicted molar refractivity (Wildman–Crippen MR) is 90.3 cm³/mol. The number of carbonyl (C=O) groups excluding carboxylic acids is 1. The average Bonchev–Trinajstić information content (AvgIpc) is 2.33. The number of hydrogen-bond donors (Lipinski definition) is 3. The summed E-state index contributed by atoms with van der Waals surface area (Å²) < 4.78 is 1.51. The SMILES string of the molecule is Nc1cc(Br)cc(Br)c1NC(=O)Nc1cccc(Cl)c1. The number of nitrogens with one attached hydrogen (secondary N) is 2. The van der Waals surface area contributed by atoms with Gasteiger partial charge in [0.25, 0.3) is 0 Å². The Bertz CT molecular complexity index is 641. The first kappa shape index (κ1) is 15.2. The van der Waals surface area contributed by atoms with Crippen molar-refractivity contribution in [3.63, 3.8) is 0 Å². The Morgan fingerprint density at radius 1 is 1.15 bits per heavy atom. The molecule has 4 N–H and O–H groups in total. The summed E-state index contributed by atoms with van der Waals surface area (Å²) in [7, 11) is 0. The number of halogens is 3. The van der Waals surface area contributed by atoms with Crippen LogP contribution in [0.1, 0.15) is 0 Å². The summed E-state index contributed by atoms with van der Waals surface area (Å²) in [5.41, 5.74) is 7.42. The molecule has 2 rings (SSSR count). The second kappa shape index (κ2) is 6.47. The average molecular weight is 420 g/mol. The van der Waals surface area contributed by atoms with Crippen LogP contribution < -0.4 is 16.4 Å². The Labute approximate surface area is 137 Å². The fourth-order valence-electron chi connectivity index (χ4n) is 1.57. The summed E-state index contributed by atoms with van der Waals surface area (Å²) in [5, 5.41) is 5.91. The van der Waals surface area contributed by atoms with Crippen LogP contribution in [-0.2, 0) is 0 Å². The Balaban J connectivity index is 2.13. The molecule has 0 saturated carbocycles. The summed E-state index contributed by atoms with van der Waals surface area (Å²) in [6, 6.07) is 9.98. The molecular formula is C13H10Br2ClN3O. The maximum absolute atomic E-state index is 11.9. The first-order valence-electron chi connectivity index (χ1n) is 5.54. The highest BCUT2D eigenvalue weighted by Gasteiger charge is 2.10. The van der Waals surface area contributed by atoms with E-state index in [1.165, 1.54) is 0 Å². The monoisotopic (exact) mass is 417 g/mol. The van der Waals surface area contributed by atoms with Crippen LogP contribution in [0.25, 0.3) is 0 Å². The van der Waals surface area contributed by atoms with Crippen molar-refractivity contribution in [3.8, 4) is 0 Å². The number of carbonyl (C=O) groups is 1. The van der Waals surface area contributed by atoms with Gasteiger partial charge in [0.15, 0.2) is 0 Å². The molecule has 104 valence electrons. The van der Waals surface area contributed by atoms with Crippen molar-refractivity contribution in [1.29, 1.82) is 0 Å². The lowest BCUT2D eigenvalue weighted by Gasteiger charge is -2.12. The largest absolute Gasteiger partial charge is 0.397 e. The molecule has 0 heterocycles. The van der Waals surface area contributed by atoms with Crippen LogP contribution in [0.5, 0.6) is 0 Å². The van der Waals surface area contributed by atoms with Gasteiger partial charge in [0.2, 0.25) is 0 Å². The minimum atomic E-state index is -0.401. The van der Waals surface area contributed by atoms with Crippen molar-refractivity contribution in [3.05, 3.63) is 50.4 Å². The van der Waals surface area contributed by atoms with Gasteiger partial charge in [0.1, 0.15) is 0 Å². The Hall–Kier alpha value is -1.24. The number of benzene rings is 2. The predicted octanol–water partition coefficient (Wildman–Crippen LogP) is 5.09. The summed E-state index contributed by atoms with van der Waals surface area (Å²) in [6.45, 7) is 0. The molecule has 0 spiro atoms. The number of nitrogen functional groups attached to an aromatic ring is 1. The molecule has 2 aromatic carbocycles. The highest BCUT2D eigenvalue weighted by molar-refractivity contribution is 9.11. The van der Waals surface area contributed by atoms with Gasteiger partial charge >= 0.3 is 6.03 Å². The zero-order valence-corrected chi connectivity index (χ0v) is 14.0. The molecule has 7 heteroatoms. The van der Waals surface area contributed by atoms with E-state index < -0.39 is 6.03 Å². The van der Waals surface area contributed by atoms with Crippen LogP contribution in [-0.4, -0.2) is 6.03 Å². The molecule has 0 saturated heterocycles. The molecule has 0 aliphatic heterocycles. The lowest BCUT2D eigenvalue weighted by atomic mass is 10.3. The van der Waals surface area contributed by atoms with E-state index >= 15 is 0 Å². The number of hydrogen-bond acceptors (Lipinski definition) is 2. The maximum atomic E-state index is 11.9. The molecule has 0 aliphatic carbocycles. The Kier molecular flexibility index (Phi) is 4.91. The van der Waals surface area contributed by atoms with Crippen molar-refractivity contribution in [2.24, 2.45) is 0 Å². The second-order valence-corrected chi connectivity index (χ2v) is 6.15. The van der Waals surface area contributed by atoms with Crippen LogP contribution in [0, 0.1) is 0 Å². The van der Waals surface area contributed by atoms with Gasteiger partial charge in [0, 0.05) is 19.7 Å². The smallest absolute Gasteiger partial charge is 0.323 e. The molecule has 20 heavy (non-hydrogen) atoms. The molecule has 0 unspecified atom stereocenters. The van der Waals surface area contributed by atoms with E-state index in [2.05, 4.69) is 42.5 Å². The molecule has 4 nitrogen and oxygen atoms in total. The summed E-state index contributed by atoms with van der Waals surface area (Å²) in [5.74, 6) is 0. The van der Waals surface area contributed by atoms with Crippen LogP contribution >= 0.6 is 43.5 Å². The van der Waals surface area contributed by atoms with E-state index in [0.29, 0.717) is 26.6 Å². The van der Waals surface area contributed by atoms with Crippen molar-refractivity contribution in [2.75, 3.05) is 16.4 Å². The second-order valence-electron chi connectivity index (χ2n) is 3.94. The lowest BCUT2D eigenvalue weighted by molar-refractivity contribution is 0.262. The normalized spacial score (nSPS) is 10.2. The maximum Gasteiger partial charge on any atom is 0.323 e. The first-order chi connectivity index (χ1) is 9.45. The molecule has 0 bridgehead atoms. The molecular weight excluding hydrogens is 409 g/mol. The number of urea groups is 1. The van der Waals surface area contributed by atoms with E-state index in [4.69, 9.17) is 17.3 Å². The number of nitrogens with two attached hydrogens (primary N) is 1. The molecule has 0 radical (unpaired) electrons. The molecule has 0 atom stereocenters. The van der Waals surface area contributed by atoms with Gasteiger partial charge in [-0.15, -0.1) is 0 Å². The summed E-state index contributed by atoms with van der Waals surface area (Å²) >= 11 is 12.5. The highest BCUT2D eigenvalue weighted by atomic mass is 79.9. The van der Waals surface area contributed by atoms with Gasteiger partial charge in [-0.1, -0.05) is 33.6 Å². The quantitative estimate of drug-likeness (QED) is 0.594. The lowest BCUT2D eigenvalue weighted by Crippen LogP contribution is -2.20. The molecule has 2 aromatic rings. The van der Waals surface area contributed by atoms with Gasteiger partial charge < -0.3 is 16.4 Å². The number of anilines is 3. The van der Waals surface area contributed by atoms with E-state index in [-0.39, 0.29) is 0 Å². The van der Waals surface area contributed by atoms with Gasteiger partial charge in [-0.05, 0) is 46.3 Å². The van der Waals surface area contributed by atoms with Gasteiger partial charge in [0.05, 0.1) is 11.4 Å². The zero-order valence-electron chi connectivity index (χ0n) is 10.1. The topological polar surface area (TPSA) is 67.1 Å². The minimum absolute atomic E-state index is 0.401. The van der Waals surface area contributed by atoms with Gasteiger partial charge in [-0.3, -0.25) is 0 Å². The highest BCUT2D eigenvalue weighted by Crippen LogP contribution is 2.32. The van der Waals surface area contributed by atoms with E-state index in [0.717, 1.165) is 4.47 Å². The standard InChI is InChI=1S/C13H10Br2ClN3O/c14-7-4-10(15)12(11(17)5-7)19-13(20)18-9-3-1-2-8(16)6-9/h1-6H,17H2,(H2,18,19,20). The number of rotatable bonds is 2. The molecule has 0 aliphatic rings. The molecule has 0 aromatic heterocycles. The van der Waals surface area contributed by atoms with E-state index in [1.54, 1.807) is 36.4 Å². The van der Waals surface area contributed by atoms with Crippen LogP contribution in [0.4, 0.5) is 21.9 Å². The van der Waals surface area contributed by atoms with Crippen LogP contribution in [0.3, 0.4) is 0 Å². The third kappa shape index (κ3) is 3.88.